The van der Waals surface area contributed by atoms with Gasteiger partial charge in [-0.2, -0.15) is 0 Å². The molecule has 1 aliphatic heterocycles. The molecule has 3 heterocycles. The largest absolute Gasteiger partial charge is 0.464 e. The molecule has 2 fully saturated rings. The number of aromatic nitrogens is 1. The molecule has 6 rings (SSSR count). The Morgan fingerprint density at radius 3 is 2.47 bits per heavy atom. The molecule has 0 unspecified atom stereocenters. The second kappa shape index (κ2) is 8.21. The quantitative estimate of drug-likeness (QED) is 0.402. The van der Waals surface area contributed by atoms with Crippen molar-refractivity contribution in [3.63, 3.8) is 0 Å². The number of nitrogens with zero attached hydrogens (tertiary/aromatic N) is 3. The number of para-hydroxylation sites is 1. The van der Waals surface area contributed by atoms with Crippen molar-refractivity contribution in [1.82, 2.24) is 9.88 Å². The lowest BCUT2D eigenvalue weighted by Crippen LogP contribution is -2.51. The zero-order valence-corrected chi connectivity index (χ0v) is 18.2. The van der Waals surface area contributed by atoms with E-state index in [9.17, 15) is 4.39 Å². The third-order valence-electron chi connectivity index (χ3n) is 7.51. The maximum Gasteiger partial charge on any atom is 0.134 e. The van der Waals surface area contributed by atoms with E-state index < -0.39 is 0 Å². The summed E-state index contributed by atoms with van der Waals surface area (Å²) in [7, 11) is 0. The fourth-order valence-corrected chi connectivity index (χ4v) is 5.77. The number of halogens is 1. The standard InChI is InChI=1S/C27H28FN3O/c28-24-11-12-25(27-22(24)5-3-13-29-27)31-16-14-30(15-17-31)20-9-7-19(8-10-20)23-18-32-26-6-2-1-4-21(23)26/h1-6,11-13,18-20H,7-10,14-17H2/t19-,20+. The molecule has 0 atom stereocenters. The molecular weight excluding hydrogens is 401 g/mol. The van der Waals surface area contributed by atoms with Crippen LogP contribution in [-0.2, 0) is 0 Å². The predicted molar refractivity (Wildman–Crippen MR) is 127 cm³/mol. The van der Waals surface area contributed by atoms with Gasteiger partial charge in [-0.15, -0.1) is 0 Å². The third kappa shape index (κ3) is 3.45. The number of rotatable bonds is 3. The number of hydrogen-bond donors (Lipinski definition) is 0. The Morgan fingerprint density at radius 2 is 1.62 bits per heavy atom. The van der Waals surface area contributed by atoms with Gasteiger partial charge in [0.25, 0.3) is 0 Å². The second-order valence-corrected chi connectivity index (χ2v) is 9.18. The van der Waals surface area contributed by atoms with Crippen LogP contribution >= 0.6 is 0 Å². The monoisotopic (exact) mass is 429 g/mol. The summed E-state index contributed by atoms with van der Waals surface area (Å²) in [6, 6.07) is 16.1. The lowest BCUT2D eigenvalue weighted by Gasteiger charge is -2.42. The molecule has 0 amide bonds. The van der Waals surface area contributed by atoms with Crippen LogP contribution in [-0.4, -0.2) is 42.1 Å². The highest BCUT2D eigenvalue weighted by atomic mass is 19.1. The van der Waals surface area contributed by atoms with Crippen LogP contribution in [0, 0.1) is 5.82 Å². The van der Waals surface area contributed by atoms with E-state index in [1.165, 1.54) is 36.6 Å². The van der Waals surface area contributed by atoms with Crippen molar-refractivity contribution in [2.24, 2.45) is 0 Å². The minimum Gasteiger partial charge on any atom is -0.464 e. The van der Waals surface area contributed by atoms with Crippen molar-refractivity contribution in [3.05, 3.63) is 72.4 Å². The van der Waals surface area contributed by atoms with Crippen LogP contribution < -0.4 is 4.90 Å². The predicted octanol–water partition coefficient (Wildman–Crippen LogP) is 5.97. The van der Waals surface area contributed by atoms with Gasteiger partial charge in [-0.05, 0) is 61.9 Å². The van der Waals surface area contributed by atoms with Gasteiger partial charge < -0.3 is 9.32 Å². The molecule has 32 heavy (non-hydrogen) atoms. The van der Waals surface area contributed by atoms with E-state index >= 15 is 0 Å². The maximum atomic E-state index is 14.2. The van der Waals surface area contributed by atoms with Gasteiger partial charge in [0.2, 0.25) is 0 Å². The molecule has 2 aromatic heterocycles. The SMILES string of the molecule is Fc1ccc(N2CCN([C@H]3CC[C@@H](c4coc5ccccc54)CC3)CC2)c2ncccc12. The van der Waals surface area contributed by atoms with Crippen LogP contribution in [0.1, 0.15) is 37.2 Å². The van der Waals surface area contributed by atoms with Crippen molar-refractivity contribution in [1.29, 1.82) is 0 Å². The summed E-state index contributed by atoms with van der Waals surface area (Å²) in [5.74, 6) is 0.408. The fourth-order valence-electron chi connectivity index (χ4n) is 5.77. The number of pyridine rings is 1. The van der Waals surface area contributed by atoms with Gasteiger partial charge in [0, 0.05) is 54.8 Å². The minimum atomic E-state index is -0.197. The molecule has 2 aliphatic rings. The normalized spacial score (nSPS) is 22.6. The van der Waals surface area contributed by atoms with Gasteiger partial charge in [0.05, 0.1) is 17.5 Å². The molecule has 1 aliphatic carbocycles. The average Bonchev–Trinajstić information content (AvgIpc) is 3.29. The van der Waals surface area contributed by atoms with E-state index in [1.807, 2.05) is 24.5 Å². The first kappa shape index (κ1) is 19.7. The van der Waals surface area contributed by atoms with E-state index in [2.05, 4.69) is 33.0 Å². The number of furan rings is 1. The van der Waals surface area contributed by atoms with Gasteiger partial charge in [0.15, 0.2) is 0 Å². The zero-order valence-electron chi connectivity index (χ0n) is 18.2. The topological polar surface area (TPSA) is 32.5 Å². The van der Waals surface area contributed by atoms with Crippen LogP contribution in [0.5, 0.6) is 0 Å². The first-order chi connectivity index (χ1) is 15.8. The summed E-state index contributed by atoms with van der Waals surface area (Å²) in [5.41, 5.74) is 4.22. The Hall–Kier alpha value is -2.92. The first-order valence-electron chi connectivity index (χ1n) is 11.8. The molecule has 4 aromatic rings. The fraction of sp³-hybridized carbons (Fsp3) is 0.370. The summed E-state index contributed by atoms with van der Waals surface area (Å²) in [4.78, 5) is 9.51. The number of fused-ring (bicyclic) bond motifs is 2. The van der Waals surface area contributed by atoms with Crippen LogP contribution in [0.3, 0.4) is 0 Å². The summed E-state index contributed by atoms with van der Waals surface area (Å²) in [5, 5.41) is 1.89. The van der Waals surface area contributed by atoms with Crippen molar-refractivity contribution in [3.8, 4) is 0 Å². The Balaban J connectivity index is 1.10. The molecule has 0 bridgehead atoms. The third-order valence-corrected chi connectivity index (χ3v) is 7.51. The number of hydrogen-bond acceptors (Lipinski definition) is 4. The molecule has 1 saturated heterocycles. The molecule has 0 N–H and O–H groups in total. The molecule has 0 spiro atoms. The van der Waals surface area contributed by atoms with Gasteiger partial charge in [-0.1, -0.05) is 18.2 Å². The van der Waals surface area contributed by atoms with E-state index in [1.54, 1.807) is 18.3 Å². The Bertz CT molecular complexity index is 1240. The Kier molecular flexibility index (Phi) is 5.07. The van der Waals surface area contributed by atoms with E-state index in [4.69, 9.17) is 4.42 Å². The number of anilines is 1. The van der Waals surface area contributed by atoms with E-state index in [-0.39, 0.29) is 5.82 Å². The summed E-state index contributed by atoms with van der Waals surface area (Å²) < 4.78 is 20.0. The number of benzene rings is 2. The zero-order chi connectivity index (χ0) is 21.5. The van der Waals surface area contributed by atoms with Crippen LogP contribution in [0.2, 0.25) is 0 Å². The van der Waals surface area contributed by atoms with Gasteiger partial charge in [0.1, 0.15) is 11.4 Å². The van der Waals surface area contributed by atoms with Crippen LogP contribution in [0.4, 0.5) is 10.1 Å². The van der Waals surface area contributed by atoms with E-state index in [0.29, 0.717) is 17.3 Å². The van der Waals surface area contributed by atoms with Crippen LogP contribution in [0.15, 0.2) is 65.4 Å². The molecule has 5 heteroatoms. The van der Waals surface area contributed by atoms with Crippen LogP contribution in [0.25, 0.3) is 21.9 Å². The minimum absolute atomic E-state index is 0.197. The van der Waals surface area contributed by atoms with Crippen molar-refractivity contribution >= 4 is 27.6 Å². The number of piperazine rings is 1. The van der Waals surface area contributed by atoms with Gasteiger partial charge in [-0.3, -0.25) is 9.88 Å². The molecule has 0 radical (unpaired) electrons. The Morgan fingerprint density at radius 1 is 0.844 bits per heavy atom. The second-order valence-electron chi connectivity index (χ2n) is 9.18. The molecule has 1 saturated carbocycles. The Labute approximate surface area is 187 Å². The van der Waals surface area contributed by atoms with Gasteiger partial charge >= 0.3 is 0 Å². The molecule has 2 aromatic carbocycles. The van der Waals surface area contributed by atoms with Crippen molar-refractivity contribution < 1.29 is 8.81 Å². The first-order valence-corrected chi connectivity index (χ1v) is 11.8. The average molecular weight is 430 g/mol. The van der Waals surface area contributed by atoms with E-state index in [0.717, 1.165) is 43.0 Å². The smallest absolute Gasteiger partial charge is 0.134 e. The summed E-state index contributed by atoms with van der Waals surface area (Å²) in [6.07, 6.45) is 8.66. The highest BCUT2D eigenvalue weighted by Gasteiger charge is 2.30. The summed E-state index contributed by atoms with van der Waals surface area (Å²) in [6.45, 7) is 4.03. The molecular formula is C27H28FN3O. The van der Waals surface area contributed by atoms with Gasteiger partial charge in [-0.25, -0.2) is 4.39 Å². The maximum absolute atomic E-state index is 14.2. The van der Waals surface area contributed by atoms with Crippen molar-refractivity contribution in [2.45, 2.75) is 37.6 Å². The highest BCUT2D eigenvalue weighted by Crippen LogP contribution is 2.39. The highest BCUT2D eigenvalue weighted by molar-refractivity contribution is 5.91. The summed E-state index contributed by atoms with van der Waals surface area (Å²) >= 11 is 0. The lowest BCUT2D eigenvalue weighted by atomic mass is 9.81. The van der Waals surface area contributed by atoms with Crippen molar-refractivity contribution in [2.75, 3.05) is 31.1 Å². The molecule has 4 nitrogen and oxygen atoms in total. The molecule has 164 valence electrons. The lowest BCUT2D eigenvalue weighted by molar-refractivity contribution is 0.141.